The van der Waals surface area contributed by atoms with Crippen LogP contribution in [0.25, 0.3) is 10.9 Å². The van der Waals surface area contributed by atoms with Crippen molar-refractivity contribution in [1.29, 1.82) is 0 Å². The molecule has 0 aliphatic carbocycles. The van der Waals surface area contributed by atoms with E-state index in [0.717, 1.165) is 22.0 Å². The lowest BCUT2D eigenvalue weighted by Gasteiger charge is -2.09. The van der Waals surface area contributed by atoms with Crippen LogP contribution in [0.4, 0.5) is 22.0 Å². The number of rotatable bonds is 6. The van der Waals surface area contributed by atoms with Crippen molar-refractivity contribution in [3.8, 4) is 17.6 Å². The van der Waals surface area contributed by atoms with E-state index in [-0.39, 0.29) is 19.4 Å². The Morgan fingerprint density at radius 3 is 2.15 bits per heavy atom. The van der Waals surface area contributed by atoms with Crippen molar-refractivity contribution >= 4 is 10.9 Å². The molecule has 0 aliphatic rings. The fourth-order valence-electron chi connectivity index (χ4n) is 3.43. The Balaban J connectivity index is 1.29. The zero-order valence-corrected chi connectivity index (χ0v) is 17.3. The SMILES string of the molecule is Fc1c(F)c(F)c(CCCCOc2ccc(C#Cc3cccc4cc[nH]c34)cc2)c(F)c1F. The monoisotopic (exact) mass is 455 g/mol. The molecule has 0 saturated heterocycles. The first-order valence-electron chi connectivity index (χ1n) is 10.3. The quantitative estimate of drug-likeness (QED) is 0.114. The highest BCUT2D eigenvalue weighted by Gasteiger charge is 2.25. The molecule has 1 aromatic heterocycles. The van der Waals surface area contributed by atoms with Crippen LogP contribution >= 0.6 is 0 Å². The molecule has 3 aromatic carbocycles. The summed E-state index contributed by atoms with van der Waals surface area (Å²) in [7, 11) is 0. The maximum Gasteiger partial charge on any atom is 0.200 e. The average molecular weight is 455 g/mol. The number of hydrogen-bond acceptors (Lipinski definition) is 1. The van der Waals surface area contributed by atoms with E-state index in [1.807, 2.05) is 42.6 Å². The first kappa shape index (κ1) is 22.4. The number of fused-ring (bicyclic) bond motifs is 1. The third-order valence-electron chi connectivity index (χ3n) is 5.17. The molecular formula is C26H18F5NO. The number of benzene rings is 3. The number of para-hydroxylation sites is 1. The van der Waals surface area contributed by atoms with Crippen LogP contribution in [0.3, 0.4) is 0 Å². The number of halogens is 5. The lowest BCUT2D eigenvalue weighted by atomic mass is 10.1. The Kier molecular flexibility index (Phi) is 6.64. The van der Waals surface area contributed by atoms with Gasteiger partial charge in [-0.15, -0.1) is 0 Å². The fraction of sp³-hybridized carbons (Fsp3) is 0.154. The van der Waals surface area contributed by atoms with Gasteiger partial charge in [0.1, 0.15) is 5.75 Å². The predicted molar refractivity (Wildman–Crippen MR) is 115 cm³/mol. The van der Waals surface area contributed by atoms with Gasteiger partial charge in [-0.25, -0.2) is 22.0 Å². The lowest BCUT2D eigenvalue weighted by molar-refractivity contribution is 0.305. The molecule has 4 aromatic rings. The van der Waals surface area contributed by atoms with Gasteiger partial charge in [-0.3, -0.25) is 0 Å². The number of ether oxygens (including phenoxy) is 1. The van der Waals surface area contributed by atoms with Gasteiger partial charge < -0.3 is 9.72 Å². The topological polar surface area (TPSA) is 25.0 Å². The van der Waals surface area contributed by atoms with Crippen LogP contribution in [-0.4, -0.2) is 11.6 Å². The number of aromatic amines is 1. The van der Waals surface area contributed by atoms with Crippen molar-refractivity contribution in [3.63, 3.8) is 0 Å². The first-order valence-corrected chi connectivity index (χ1v) is 10.3. The van der Waals surface area contributed by atoms with Gasteiger partial charge in [-0.05, 0) is 55.7 Å². The minimum absolute atomic E-state index is 0.201. The molecule has 2 nitrogen and oxygen atoms in total. The van der Waals surface area contributed by atoms with Crippen LogP contribution in [0.5, 0.6) is 5.75 Å². The summed E-state index contributed by atoms with van der Waals surface area (Å²) in [6, 6.07) is 15.0. The standard InChI is InChI=1S/C26H18F5NO/c27-21-20(22(28)24(30)25(31)23(21)29)6-1-2-15-33-19-11-8-16(9-12-19)7-10-17-4-3-5-18-13-14-32-26(17)18/h3-5,8-9,11-14,32H,1-2,6,15H2. The van der Waals surface area contributed by atoms with Crippen LogP contribution in [0.15, 0.2) is 54.7 Å². The second kappa shape index (κ2) is 9.78. The molecule has 1 heterocycles. The van der Waals surface area contributed by atoms with Gasteiger partial charge in [-0.2, -0.15) is 0 Å². The van der Waals surface area contributed by atoms with Gasteiger partial charge >= 0.3 is 0 Å². The predicted octanol–water partition coefficient (Wildman–Crippen LogP) is 6.66. The molecule has 0 spiro atoms. The zero-order valence-electron chi connectivity index (χ0n) is 17.3. The summed E-state index contributed by atoms with van der Waals surface area (Å²) in [5, 5.41) is 1.09. The Bertz CT molecular complexity index is 1320. The summed E-state index contributed by atoms with van der Waals surface area (Å²) >= 11 is 0. The Labute approximate surface area is 187 Å². The molecule has 7 heteroatoms. The smallest absolute Gasteiger partial charge is 0.200 e. The minimum Gasteiger partial charge on any atom is -0.494 e. The van der Waals surface area contributed by atoms with Gasteiger partial charge in [0.15, 0.2) is 23.3 Å². The molecule has 168 valence electrons. The van der Waals surface area contributed by atoms with Gasteiger partial charge in [0.2, 0.25) is 5.82 Å². The highest BCUT2D eigenvalue weighted by Crippen LogP contribution is 2.24. The lowest BCUT2D eigenvalue weighted by Crippen LogP contribution is -2.08. The van der Waals surface area contributed by atoms with E-state index in [0.29, 0.717) is 12.2 Å². The van der Waals surface area contributed by atoms with E-state index < -0.39 is 34.6 Å². The highest BCUT2D eigenvalue weighted by atomic mass is 19.2. The second-order valence-corrected chi connectivity index (χ2v) is 7.38. The number of aromatic nitrogens is 1. The van der Waals surface area contributed by atoms with Crippen molar-refractivity contribution in [2.75, 3.05) is 6.61 Å². The maximum absolute atomic E-state index is 13.7. The van der Waals surface area contributed by atoms with E-state index in [1.165, 1.54) is 0 Å². The third-order valence-corrected chi connectivity index (χ3v) is 5.17. The van der Waals surface area contributed by atoms with Crippen LogP contribution in [0.1, 0.15) is 29.5 Å². The van der Waals surface area contributed by atoms with Crippen LogP contribution in [0.2, 0.25) is 0 Å². The number of nitrogens with one attached hydrogen (secondary N) is 1. The third kappa shape index (κ3) is 4.85. The summed E-state index contributed by atoms with van der Waals surface area (Å²) in [6.07, 6.45) is 2.16. The fourth-order valence-corrected chi connectivity index (χ4v) is 3.43. The molecule has 0 atom stereocenters. The maximum atomic E-state index is 13.7. The van der Waals surface area contributed by atoms with Crippen LogP contribution in [0, 0.1) is 40.9 Å². The van der Waals surface area contributed by atoms with Crippen LogP contribution < -0.4 is 4.74 Å². The van der Waals surface area contributed by atoms with Crippen molar-refractivity contribution in [2.24, 2.45) is 0 Å². The molecule has 0 saturated carbocycles. The molecule has 0 bridgehead atoms. The van der Waals surface area contributed by atoms with E-state index in [9.17, 15) is 22.0 Å². The summed E-state index contributed by atoms with van der Waals surface area (Å²) in [5.41, 5.74) is 1.88. The largest absolute Gasteiger partial charge is 0.494 e. The summed E-state index contributed by atoms with van der Waals surface area (Å²) in [4.78, 5) is 3.17. The Morgan fingerprint density at radius 1 is 0.727 bits per heavy atom. The zero-order chi connectivity index (χ0) is 23.4. The molecule has 0 unspecified atom stereocenters. The van der Waals surface area contributed by atoms with Gasteiger partial charge in [0.25, 0.3) is 0 Å². The molecule has 0 aliphatic heterocycles. The minimum atomic E-state index is -2.15. The van der Waals surface area contributed by atoms with Crippen molar-refractivity contribution in [3.05, 3.63) is 101 Å². The summed E-state index contributed by atoms with van der Waals surface area (Å²) < 4.78 is 72.5. The van der Waals surface area contributed by atoms with Crippen LogP contribution in [-0.2, 0) is 6.42 Å². The first-order chi connectivity index (χ1) is 16.0. The highest BCUT2D eigenvalue weighted by molar-refractivity contribution is 5.85. The average Bonchev–Trinajstić information content (AvgIpc) is 3.32. The molecule has 0 radical (unpaired) electrons. The van der Waals surface area contributed by atoms with E-state index >= 15 is 0 Å². The molecule has 1 N–H and O–H groups in total. The van der Waals surface area contributed by atoms with E-state index in [4.69, 9.17) is 4.74 Å². The van der Waals surface area contributed by atoms with Gasteiger partial charge in [0.05, 0.1) is 12.1 Å². The van der Waals surface area contributed by atoms with Gasteiger partial charge in [0, 0.05) is 28.3 Å². The number of hydrogen-bond donors (Lipinski definition) is 1. The molecular weight excluding hydrogens is 437 g/mol. The Hall–Kier alpha value is -3.79. The molecule has 4 rings (SSSR count). The second-order valence-electron chi connectivity index (χ2n) is 7.38. The summed E-state index contributed by atoms with van der Waals surface area (Å²) in [5.74, 6) is -2.72. The normalized spacial score (nSPS) is 10.8. The summed E-state index contributed by atoms with van der Waals surface area (Å²) in [6.45, 7) is 0.231. The van der Waals surface area contributed by atoms with Crippen molar-refractivity contribution < 1.29 is 26.7 Å². The van der Waals surface area contributed by atoms with Gasteiger partial charge in [-0.1, -0.05) is 24.0 Å². The molecule has 33 heavy (non-hydrogen) atoms. The van der Waals surface area contributed by atoms with E-state index in [2.05, 4.69) is 16.8 Å². The van der Waals surface area contributed by atoms with E-state index in [1.54, 1.807) is 12.1 Å². The molecule has 0 fully saturated rings. The Morgan fingerprint density at radius 2 is 1.42 bits per heavy atom. The number of H-pyrrole nitrogens is 1. The number of unbranched alkanes of at least 4 members (excludes halogenated alkanes) is 1. The van der Waals surface area contributed by atoms with Crippen molar-refractivity contribution in [1.82, 2.24) is 4.98 Å². The van der Waals surface area contributed by atoms with Crippen molar-refractivity contribution in [2.45, 2.75) is 19.3 Å². The molecule has 0 amide bonds.